The molecule has 0 amide bonds. The van der Waals surface area contributed by atoms with Crippen LogP contribution in [0.4, 0.5) is 5.69 Å². The van der Waals surface area contributed by atoms with Gasteiger partial charge >= 0.3 is 5.69 Å². The number of benzene rings is 1. The highest BCUT2D eigenvalue weighted by atomic mass is 16.6. The molecule has 0 spiro atoms. The van der Waals surface area contributed by atoms with E-state index in [1.54, 1.807) is 25.1 Å². The molecular formula is C12H17NO4. The van der Waals surface area contributed by atoms with Crippen molar-refractivity contribution in [3.05, 3.63) is 34.4 Å². The molecule has 1 aromatic rings. The zero-order chi connectivity index (χ0) is 12.7. The summed E-state index contributed by atoms with van der Waals surface area (Å²) < 4.78 is 5.36. The number of hydrogen-bond donors (Lipinski definition) is 1. The summed E-state index contributed by atoms with van der Waals surface area (Å²) >= 11 is 0. The molecule has 1 atom stereocenters. The quantitative estimate of drug-likeness (QED) is 0.451. The van der Waals surface area contributed by atoms with Crippen LogP contribution in [0.2, 0.25) is 0 Å². The fourth-order valence-corrected chi connectivity index (χ4v) is 1.45. The molecule has 5 nitrogen and oxygen atoms in total. The minimum absolute atomic E-state index is 0.0111. The topological polar surface area (TPSA) is 72.6 Å². The molecule has 0 radical (unpaired) electrons. The van der Waals surface area contributed by atoms with Crippen molar-refractivity contribution in [3.8, 4) is 5.75 Å². The summed E-state index contributed by atoms with van der Waals surface area (Å²) in [5, 5.41) is 19.7. The summed E-state index contributed by atoms with van der Waals surface area (Å²) in [6, 6.07) is 6.33. The van der Waals surface area contributed by atoms with E-state index in [-0.39, 0.29) is 11.8 Å². The van der Waals surface area contributed by atoms with E-state index in [1.165, 1.54) is 6.07 Å². The van der Waals surface area contributed by atoms with Crippen LogP contribution < -0.4 is 4.74 Å². The molecule has 1 rings (SSSR count). The van der Waals surface area contributed by atoms with Crippen molar-refractivity contribution in [1.29, 1.82) is 0 Å². The number of nitro groups is 1. The lowest BCUT2D eigenvalue weighted by molar-refractivity contribution is -0.385. The van der Waals surface area contributed by atoms with Crippen molar-refractivity contribution in [2.45, 2.75) is 32.3 Å². The van der Waals surface area contributed by atoms with Crippen molar-refractivity contribution in [3.63, 3.8) is 0 Å². The van der Waals surface area contributed by atoms with Crippen LogP contribution in [0.1, 0.15) is 26.2 Å². The molecule has 0 aliphatic rings. The molecule has 0 aliphatic carbocycles. The van der Waals surface area contributed by atoms with E-state index in [0.29, 0.717) is 12.4 Å². The van der Waals surface area contributed by atoms with E-state index in [4.69, 9.17) is 9.84 Å². The number of ether oxygens (including phenoxy) is 1. The van der Waals surface area contributed by atoms with Crippen LogP contribution in [-0.2, 0) is 0 Å². The van der Waals surface area contributed by atoms with E-state index >= 15 is 0 Å². The van der Waals surface area contributed by atoms with Gasteiger partial charge in [0.25, 0.3) is 0 Å². The summed E-state index contributed by atoms with van der Waals surface area (Å²) in [6.45, 7) is 2.17. The molecule has 1 aromatic carbocycles. The third-order valence-corrected chi connectivity index (χ3v) is 2.34. The molecule has 0 aromatic heterocycles. The summed E-state index contributed by atoms with van der Waals surface area (Å²) in [7, 11) is 0. The molecule has 0 saturated carbocycles. The van der Waals surface area contributed by atoms with Crippen LogP contribution in [0.5, 0.6) is 5.75 Å². The Morgan fingerprint density at radius 2 is 2.12 bits per heavy atom. The smallest absolute Gasteiger partial charge is 0.310 e. The van der Waals surface area contributed by atoms with E-state index in [2.05, 4.69) is 0 Å². The second kappa shape index (κ2) is 6.85. The van der Waals surface area contributed by atoms with E-state index < -0.39 is 4.92 Å². The fraction of sp³-hybridized carbons (Fsp3) is 0.500. The monoisotopic (exact) mass is 239 g/mol. The van der Waals surface area contributed by atoms with Gasteiger partial charge in [0, 0.05) is 6.07 Å². The van der Waals surface area contributed by atoms with Crippen molar-refractivity contribution in [1.82, 2.24) is 0 Å². The zero-order valence-corrected chi connectivity index (χ0v) is 9.83. The van der Waals surface area contributed by atoms with Crippen molar-refractivity contribution >= 4 is 5.69 Å². The SMILES string of the molecule is CC(O)CCCCOc1ccccc1[N+](=O)[O-]. The Kier molecular flexibility index (Phi) is 5.42. The van der Waals surface area contributed by atoms with E-state index in [1.807, 2.05) is 0 Å². The predicted octanol–water partition coefficient (Wildman–Crippen LogP) is 2.52. The minimum Gasteiger partial charge on any atom is -0.487 e. The molecule has 0 heterocycles. The average molecular weight is 239 g/mol. The Bertz CT molecular complexity index is 365. The second-order valence-corrected chi connectivity index (χ2v) is 3.92. The summed E-state index contributed by atoms with van der Waals surface area (Å²) in [6.07, 6.45) is 2.04. The number of hydrogen-bond acceptors (Lipinski definition) is 4. The van der Waals surface area contributed by atoms with Crippen LogP contribution in [0, 0.1) is 10.1 Å². The van der Waals surface area contributed by atoms with Gasteiger partial charge in [0.05, 0.1) is 17.6 Å². The number of para-hydroxylation sites is 2. The van der Waals surface area contributed by atoms with Gasteiger partial charge in [0.1, 0.15) is 0 Å². The lowest BCUT2D eigenvalue weighted by Gasteiger charge is -2.07. The average Bonchev–Trinajstić information content (AvgIpc) is 2.28. The Morgan fingerprint density at radius 3 is 2.76 bits per heavy atom. The normalized spacial score (nSPS) is 12.1. The number of nitrogens with zero attached hydrogens (tertiary/aromatic N) is 1. The molecule has 94 valence electrons. The van der Waals surface area contributed by atoms with Gasteiger partial charge in [-0.15, -0.1) is 0 Å². The highest BCUT2D eigenvalue weighted by Gasteiger charge is 2.12. The van der Waals surface area contributed by atoms with Crippen LogP contribution in [0.25, 0.3) is 0 Å². The fourth-order valence-electron chi connectivity index (χ4n) is 1.45. The molecule has 1 unspecified atom stereocenters. The predicted molar refractivity (Wildman–Crippen MR) is 64.1 cm³/mol. The van der Waals surface area contributed by atoms with Crippen molar-refractivity contribution < 1.29 is 14.8 Å². The molecule has 0 saturated heterocycles. The van der Waals surface area contributed by atoms with E-state index in [9.17, 15) is 10.1 Å². The highest BCUT2D eigenvalue weighted by molar-refractivity contribution is 5.45. The van der Waals surface area contributed by atoms with Crippen LogP contribution in [0.15, 0.2) is 24.3 Å². The zero-order valence-electron chi connectivity index (χ0n) is 9.83. The molecule has 0 fully saturated rings. The van der Waals surface area contributed by atoms with Crippen LogP contribution >= 0.6 is 0 Å². The standard InChI is InChI=1S/C12H17NO4/c1-10(14)6-4-5-9-17-12-8-3-2-7-11(12)13(15)16/h2-3,7-8,10,14H,4-6,9H2,1H3. The third-order valence-electron chi connectivity index (χ3n) is 2.34. The Hall–Kier alpha value is -1.62. The Balaban J connectivity index is 2.39. The van der Waals surface area contributed by atoms with Gasteiger partial charge in [-0.2, -0.15) is 0 Å². The number of nitro benzene ring substituents is 1. The third kappa shape index (κ3) is 4.82. The Morgan fingerprint density at radius 1 is 1.41 bits per heavy atom. The van der Waals surface area contributed by atoms with E-state index in [0.717, 1.165) is 19.3 Å². The van der Waals surface area contributed by atoms with Gasteiger partial charge in [-0.3, -0.25) is 10.1 Å². The van der Waals surface area contributed by atoms with Gasteiger partial charge in [0.15, 0.2) is 5.75 Å². The number of unbranched alkanes of at least 4 members (excludes halogenated alkanes) is 1. The molecule has 17 heavy (non-hydrogen) atoms. The lowest BCUT2D eigenvalue weighted by Crippen LogP contribution is -2.03. The molecule has 5 heteroatoms. The van der Waals surface area contributed by atoms with Crippen LogP contribution in [0.3, 0.4) is 0 Å². The summed E-state index contributed by atoms with van der Waals surface area (Å²) in [4.78, 5) is 10.2. The maximum Gasteiger partial charge on any atom is 0.310 e. The van der Waals surface area contributed by atoms with Crippen molar-refractivity contribution in [2.24, 2.45) is 0 Å². The molecular weight excluding hydrogens is 222 g/mol. The maximum absolute atomic E-state index is 10.7. The van der Waals surface area contributed by atoms with Crippen molar-refractivity contribution in [2.75, 3.05) is 6.61 Å². The van der Waals surface area contributed by atoms with Gasteiger partial charge in [-0.05, 0) is 32.3 Å². The van der Waals surface area contributed by atoms with Gasteiger partial charge in [-0.25, -0.2) is 0 Å². The molecule has 0 aliphatic heterocycles. The Labute approximate surface area is 100 Å². The summed E-state index contributed by atoms with van der Waals surface area (Å²) in [5.74, 6) is 0.301. The second-order valence-electron chi connectivity index (χ2n) is 3.92. The molecule has 1 N–H and O–H groups in total. The molecule has 0 bridgehead atoms. The highest BCUT2D eigenvalue weighted by Crippen LogP contribution is 2.25. The van der Waals surface area contributed by atoms with Gasteiger partial charge in [-0.1, -0.05) is 12.1 Å². The first kappa shape index (κ1) is 13.4. The number of aliphatic hydroxyl groups excluding tert-OH is 1. The first-order chi connectivity index (χ1) is 8.11. The summed E-state index contributed by atoms with van der Waals surface area (Å²) in [5.41, 5.74) is -0.0111. The van der Waals surface area contributed by atoms with Crippen LogP contribution in [-0.4, -0.2) is 22.7 Å². The van der Waals surface area contributed by atoms with Gasteiger partial charge < -0.3 is 9.84 Å². The first-order valence-electron chi connectivity index (χ1n) is 5.65. The largest absolute Gasteiger partial charge is 0.487 e. The number of aliphatic hydroxyl groups is 1. The maximum atomic E-state index is 10.7. The first-order valence-corrected chi connectivity index (χ1v) is 5.65. The number of rotatable bonds is 7. The lowest BCUT2D eigenvalue weighted by atomic mass is 10.2. The van der Waals surface area contributed by atoms with Gasteiger partial charge in [0.2, 0.25) is 0 Å². The minimum atomic E-state index is -0.453.